The molecule has 1 N–H and O–H groups in total. The Balaban J connectivity index is 1.75. The quantitative estimate of drug-likeness (QED) is 0.659. The van der Waals surface area contributed by atoms with E-state index in [0.29, 0.717) is 10.5 Å². The molecule has 1 aliphatic heterocycles. The van der Waals surface area contributed by atoms with E-state index in [0.717, 1.165) is 33.0 Å². The van der Waals surface area contributed by atoms with Crippen LogP contribution in [0.15, 0.2) is 53.8 Å². The summed E-state index contributed by atoms with van der Waals surface area (Å²) >= 11 is 6.85. The van der Waals surface area contributed by atoms with Gasteiger partial charge in [0.05, 0.1) is 17.1 Å². The van der Waals surface area contributed by atoms with Gasteiger partial charge in [0.25, 0.3) is 0 Å². The van der Waals surface area contributed by atoms with Gasteiger partial charge in [0.1, 0.15) is 0 Å². The Kier molecular flexibility index (Phi) is 4.07. The van der Waals surface area contributed by atoms with Crippen molar-refractivity contribution in [1.29, 1.82) is 0 Å². The molecule has 4 nitrogen and oxygen atoms in total. The number of hydrogen-bond donors (Lipinski definition) is 1. The van der Waals surface area contributed by atoms with Gasteiger partial charge < -0.3 is 5.11 Å². The van der Waals surface area contributed by atoms with Gasteiger partial charge in [-0.15, -0.1) is 11.3 Å². The van der Waals surface area contributed by atoms with Crippen molar-refractivity contribution >= 4 is 46.6 Å². The summed E-state index contributed by atoms with van der Waals surface area (Å²) in [5.41, 5.74) is 5.01. The molecule has 6 heteroatoms. The topological polar surface area (TPSA) is 50.4 Å². The maximum Gasteiger partial charge on any atom is 0.210 e. The van der Waals surface area contributed by atoms with E-state index in [-0.39, 0.29) is 5.88 Å². The van der Waals surface area contributed by atoms with E-state index in [2.05, 4.69) is 9.98 Å². The number of aromatic nitrogens is 2. The number of fused-ring (bicyclic) bond motifs is 1. The van der Waals surface area contributed by atoms with Crippen LogP contribution in [0.5, 0.6) is 5.88 Å². The predicted molar refractivity (Wildman–Crippen MR) is 105 cm³/mol. The Morgan fingerprint density at radius 3 is 2.88 bits per heavy atom. The van der Waals surface area contributed by atoms with Gasteiger partial charge in [0.15, 0.2) is 3.95 Å². The fourth-order valence-electron chi connectivity index (χ4n) is 2.87. The molecule has 0 bridgehead atoms. The molecule has 0 saturated carbocycles. The van der Waals surface area contributed by atoms with Crippen molar-refractivity contribution in [2.75, 3.05) is 0 Å². The standard InChI is InChI=1S/C19H15N3OS2/c1-12-15(14-6-2-3-7-16(14)21-12)9-17-18(23)22(19(24)25-17)11-13-5-4-8-20-10-13/h2-10,23H,11H2,1H3. The normalized spacial score (nSPS) is 14.6. The van der Waals surface area contributed by atoms with Crippen LogP contribution < -0.4 is 0 Å². The molecule has 0 radical (unpaired) electrons. The summed E-state index contributed by atoms with van der Waals surface area (Å²) in [5.74, 6) is 0.184. The van der Waals surface area contributed by atoms with E-state index in [4.69, 9.17) is 12.2 Å². The molecule has 3 heterocycles. The average Bonchev–Trinajstić information content (AvgIpc) is 3.07. The lowest BCUT2D eigenvalue weighted by Crippen LogP contribution is -1.99. The van der Waals surface area contributed by atoms with Gasteiger partial charge in [-0.05, 0) is 42.9 Å². The molecule has 3 aromatic rings. The summed E-state index contributed by atoms with van der Waals surface area (Å²) in [6.07, 6.45) is 5.48. The highest BCUT2D eigenvalue weighted by Gasteiger charge is 2.19. The Morgan fingerprint density at radius 1 is 1.24 bits per heavy atom. The van der Waals surface area contributed by atoms with Gasteiger partial charge in [0.2, 0.25) is 5.88 Å². The number of aromatic hydroxyl groups is 1. The van der Waals surface area contributed by atoms with Gasteiger partial charge in [-0.1, -0.05) is 24.3 Å². The average molecular weight is 365 g/mol. The summed E-state index contributed by atoms with van der Waals surface area (Å²) in [5, 5.41) is 10.7. The highest BCUT2D eigenvalue weighted by atomic mass is 32.1. The molecule has 2 aromatic heterocycles. The minimum atomic E-state index is 0.184. The number of rotatable bonds is 3. The Morgan fingerprint density at radius 2 is 2.08 bits per heavy atom. The Hall–Kier alpha value is -2.57. The molecule has 4 rings (SSSR count). The second kappa shape index (κ2) is 6.38. The molecule has 0 spiro atoms. The minimum absolute atomic E-state index is 0.184. The van der Waals surface area contributed by atoms with Crippen molar-refractivity contribution in [2.24, 2.45) is 4.99 Å². The van der Waals surface area contributed by atoms with Gasteiger partial charge in [0, 0.05) is 29.2 Å². The highest BCUT2D eigenvalue weighted by Crippen LogP contribution is 2.38. The van der Waals surface area contributed by atoms with Gasteiger partial charge in [-0.3, -0.25) is 14.5 Å². The first-order valence-electron chi connectivity index (χ1n) is 7.82. The van der Waals surface area contributed by atoms with Crippen LogP contribution >= 0.6 is 23.6 Å². The molecule has 0 aliphatic carbocycles. The number of allylic oxidation sites excluding steroid dienone is 1. The smallest absolute Gasteiger partial charge is 0.210 e. The van der Waals surface area contributed by atoms with Crippen molar-refractivity contribution < 1.29 is 5.11 Å². The van der Waals surface area contributed by atoms with Gasteiger partial charge in [-0.25, -0.2) is 0 Å². The van der Waals surface area contributed by atoms with E-state index in [9.17, 15) is 5.11 Å². The van der Waals surface area contributed by atoms with Crippen LogP contribution in [0.1, 0.15) is 22.9 Å². The molecular formula is C19H15N3OS2. The molecule has 0 saturated heterocycles. The number of aliphatic imine (C=N–C) groups is 1. The minimum Gasteiger partial charge on any atom is -0.493 e. The van der Waals surface area contributed by atoms with Crippen LogP contribution in [-0.2, 0) is 6.54 Å². The summed E-state index contributed by atoms with van der Waals surface area (Å²) in [7, 11) is 0. The van der Waals surface area contributed by atoms with Crippen molar-refractivity contribution in [2.45, 2.75) is 13.5 Å². The number of thiazole rings is 1. The zero-order valence-corrected chi connectivity index (χ0v) is 15.1. The van der Waals surface area contributed by atoms with Crippen molar-refractivity contribution in [3.05, 3.63) is 68.8 Å². The van der Waals surface area contributed by atoms with E-state index >= 15 is 0 Å². The first-order chi connectivity index (χ1) is 12.1. The highest BCUT2D eigenvalue weighted by molar-refractivity contribution is 7.73. The monoisotopic (exact) mass is 365 g/mol. The molecular weight excluding hydrogens is 350 g/mol. The number of benzene rings is 1. The molecule has 124 valence electrons. The van der Waals surface area contributed by atoms with E-state index in [1.54, 1.807) is 17.0 Å². The van der Waals surface area contributed by atoms with Crippen LogP contribution in [-0.4, -0.2) is 20.4 Å². The summed E-state index contributed by atoms with van der Waals surface area (Å²) in [6.45, 7) is 2.48. The van der Waals surface area contributed by atoms with Gasteiger partial charge >= 0.3 is 0 Å². The lowest BCUT2D eigenvalue weighted by molar-refractivity contribution is 0.422. The zero-order chi connectivity index (χ0) is 17.4. The third-order valence-corrected chi connectivity index (χ3v) is 5.49. The van der Waals surface area contributed by atoms with Gasteiger partial charge in [-0.2, -0.15) is 0 Å². The van der Waals surface area contributed by atoms with Crippen LogP contribution in [0.25, 0.3) is 11.6 Å². The number of hydrogen-bond acceptors (Lipinski definition) is 5. The fourth-order valence-corrected chi connectivity index (χ4v) is 4.12. The molecule has 0 fully saturated rings. The first-order valence-corrected chi connectivity index (χ1v) is 9.04. The second-order valence-electron chi connectivity index (χ2n) is 5.78. The lowest BCUT2D eigenvalue weighted by atomic mass is 10.0. The first kappa shape index (κ1) is 15.9. The number of para-hydroxylation sites is 1. The van der Waals surface area contributed by atoms with Crippen LogP contribution in [0.4, 0.5) is 5.69 Å². The molecule has 0 atom stereocenters. The molecule has 0 unspecified atom stereocenters. The van der Waals surface area contributed by atoms with E-state index in [1.165, 1.54) is 11.3 Å². The summed E-state index contributed by atoms with van der Waals surface area (Å²) in [6, 6.07) is 11.9. The fraction of sp³-hybridized carbons (Fsp3) is 0.105. The lowest BCUT2D eigenvalue weighted by Gasteiger charge is -2.05. The van der Waals surface area contributed by atoms with E-state index in [1.807, 2.05) is 49.4 Å². The van der Waals surface area contributed by atoms with E-state index < -0.39 is 0 Å². The SMILES string of the molecule is CC1=Nc2ccccc2C1=Cc1sc(=S)n(Cc2cccnc2)c1O. The Labute approximate surface area is 154 Å². The zero-order valence-electron chi connectivity index (χ0n) is 13.5. The van der Waals surface area contributed by atoms with Crippen LogP contribution in [0.2, 0.25) is 0 Å². The summed E-state index contributed by atoms with van der Waals surface area (Å²) < 4.78 is 2.37. The predicted octanol–water partition coefficient (Wildman–Crippen LogP) is 5.07. The largest absolute Gasteiger partial charge is 0.493 e. The molecule has 0 amide bonds. The number of nitrogens with zero attached hydrogens (tertiary/aromatic N) is 3. The van der Waals surface area contributed by atoms with Crippen molar-refractivity contribution in [3.8, 4) is 5.88 Å². The molecule has 1 aliphatic rings. The second-order valence-corrected chi connectivity index (χ2v) is 7.45. The van der Waals surface area contributed by atoms with Crippen molar-refractivity contribution in [1.82, 2.24) is 9.55 Å². The van der Waals surface area contributed by atoms with Crippen molar-refractivity contribution in [3.63, 3.8) is 0 Å². The Bertz CT molecular complexity index is 1060. The maximum atomic E-state index is 10.7. The molecule has 1 aromatic carbocycles. The van der Waals surface area contributed by atoms with Crippen LogP contribution in [0.3, 0.4) is 0 Å². The maximum absolute atomic E-state index is 10.7. The third-order valence-electron chi connectivity index (χ3n) is 4.10. The number of pyridine rings is 1. The third kappa shape index (κ3) is 2.94. The molecule has 25 heavy (non-hydrogen) atoms. The summed E-state index contributed by atoms with van der Waals surface area (Å²) in [4.78, 5) is 9.44. The van der Waals surface area contributed by atoms with Crippen LogP contribution in [0, 0.1) is 3.95 Å².